The van der Waals surface area contributed by atoms with Crippen LogP contribution in [0, 0.1) is 17.7 Å². The number of nitrogens with zero attached hydrogens (tertiary/aromatic N) is 2. The van der Waals surface area contributed by atoms with Gasteiger partial charge in [-0.15, -0.1) is 11.8 Å². The number of hydrogen-bond acceptors (Lipinski definition) is 6. The fraction of sp³-hybridized carbons (Fsp3) is 0.407. The zero-order valence-electron chi connectivity index (χ0n) is 19.8. The van der Waals surface area contributed by atoms with Crippen molar-refractivity contribution in [1.29, 1.82) is 0 Å². The smallest absolute Gasteiger partial charge is 0.308 e. The molecule has 6 nitrogen and oxygen atoms in total. The summed E-state index contributed by atoms with van der Waals surface area (Å²) < 4.78 is 18.7. The maximum atomic E-state index is 13.4. The SMILES string of the molecule is COc1ccc2nccc([C@@H](O)CCC3CCN(CCSc4cccc(F)c4)CC3C(=O)O)c2c1. The molecule has 1 saturated heterocycles. The van der Waals surface area contributed by atoms with E-state index < -0.39 is 18.0 Å². The number of aliphatic hydroxyl groups excluding tert-OH is 1. The van der Waals surface area contributed by atoms with Crippen LogP contribution in [0.4, 0.5) is 4.39 Å². The number of carboxylic acids is 1. The Balaban J connectivity index is 1.33. The molecule has 2 heterocycles. The summed E-state index contributed by atoms with van der Waals surface area (Å²) in [7, 11) is 1.60. The van der Waals surface area contributed by atoms with E-state index in [0.29, 0.717) is 25.1 Å². The minimum absolute atomic E-state index is 0.0110. The minimum Gasteiger partial charge on any atom is -0.497 e. The van der Waals surface area contributed by atoms with Gasteiger partial charge in [-0.05, 0) is 79.8 Å². The second-order valence-corrected chi connectivity index (χ2v) is 10.1. The molecule has 2 N–H and O–H groups in total. The fourth-order valence-corrected chi connectivity index (χ4v) is 5.79. The lowest BCUT2D eigenvalue weighted by molar-refractivity contribution is -0.146. The third-order valence-electron chi connectivity index (χ3n) is 6.78. The van der Waals surface area contributed by atoms with Gasteiger partial charge in [-0.2, -0.15) is 0 Å². The van der Waals surface area contributed by atoms with E-state index in [-0.39, 0.29) is 11.7 Å². The summed E-state index contributed by atoms with van der Waals surface area (Å²) in [5.41, 5.74) is 1.57. The van der Waals surface area contributed by atoms with Crippen molar-refractivity contribution < 1.29 is 24.1 Å². The molecule has 8 heteroatoms. The van der Waals surface area contributed by atoms with Crippen LogP contribution in [0.15, 0.2) is 59.6 Å². The number of aromatic nitrogens is 1. The summed E-state index contributed by atoms with van der Waals surface area (Å²) in [5, 5.41) is 21.7. The molecule has 186 valence electrons. The number of fused-ring (bicyclic) bond motifs is 1. The first-order chi connectivity index (χ1) is 16.9. The first-order valence-electron chi connectivity index (χ1n) is 11.9. The number of likely N-dealkylation sites (tertiary alicyclic amines) is 1. The van der Waals surface area contributed by atoms with Crippen LogP contribution in [0.3, 0.4) is 0 Å². The number of ether oxygens (including phenoxy) is 1. The first kappa shape index (κ1) is 25.4. The summed E-state index contributed by atoms with van der Waals surface area (Å²) in [6, 6.07) is 13.9. The third-order valence-corrected chi connectivity index (χ3v) is 7.76. The predicted octanol–water partition coefficient (Wildman–Crippen LogP) is 5.01. The molecule has 1 aliphatic rings. The molecule has 0 radical (unpaired) electrons. The number of rotatable bonds is 10. The zero-order chi connectivity index (χ0) is 24.8. The molecular formula is C27H31FN2O4S. The number of hydrogen-bond donors (Lipinski definition) is 2. The van der Waals surface area contributed by atoms with Crippen molar-refractivity contribution in [2.24, 2.45) is 11.8 Å². The van der Waals surface area contributed by atoms with Crippen LogP contribution in [0.2, 0.25) is 0 Å². The number of carboxylic acid groups (broad SMARTS) is 1. The molecule has 0 saturated carbocycles. The lowest BCUT2D eigenvalue weighted by atomic mass is 9.81. The van der Waals surface area contributed by atoms with Gasteiger partial charge in [0.05, 0.1) is 24.6 Å². The average molecular weight is 499 g/mol. The normalized spacial score (nSPS) is 19.5. The Morgan fingerprint density at radius 2 is 2.14 bits per heavy atom. The van der Waals surface area contributed by atoms with E-state index in [0.717, 1.165) is 46.6 Å². The Labute approximate surface area is 209 Å². The van der Waals surface area contributed by atoms with Crippen molar-refractivity contribution in [3.8, 4) is 5.75 Å². The highest BCUT2D eigenvalue weighted by Gasteiger charge is 2.34. The lowest BCUT2D eigenvalue weighted by Gasteiger charge is -2.37. The van der Waals surface area contributed by atoms with E-state index in [2.05, 4.69) is 9.88 Å². The molecule has 4 rings (SSSR count). The summed E-state index contributed by atoms with van der Waals surface area (Å²) in [6.45, 7) is 2.07. The minimum atomic E-state index is -0.786. The van der Waals surface area contributed by atoms with E-state index in [1.54, 1.807) is 31.1 Å². The van der Waals surface area contributed by atoms with Gasteiger partial charge in [0.1, 0.15) is 11.6 Å². The van der Waals surface area contributed by atoms with Crippen molar-refractivity contribution >= 4 is 28.6 Å². The second-order valence-electron chi connectivity index (χ2n) is 8.98. The van der Waals surface area contributed by atoms with Crippen LogP contribution in [0.1, 0.15) is 30.9 Å². The topological polar surface area (TPSA) is 82.9 Å². The van der Waals surface area contributed by atoms with E-state index >= 15 is 0 Å². The van der Waals surface area contributed by atoms with Gasteiger partial charge in [-0.25, -0.2) is 4.39 Å². The summed E-state index contributed by atoms with van der Waals surface area (Å²) in [5.74, 6) is -0.0133. The Hall–Kier alpha value is -2.68. The van der Waals surface area contributed by atoms with Gasteiger partial charge in [0.25, 0.3) is 0 Å². The molecule has 3 aromatic rings. The average Bonchev–Trinajstić information content (AvgIpc) is 2.87. The van der Waals surface area contributed by atoms with Gasteiger partial charge in [0, 0.05) is 35.3 Å². The molecule has 0 aliphatic carbocycles. The Bertz CT molecular complexity index is 1160. The molecule has 1 fully saturated rings. The summed E-state index contributed by atoms with van der Waals surface area (Å²) in [4.78, 5) is 19.5. The summed E-state index contributed by atoms with van der Waals surface area (Å²) >= 11 is 1.58. The highest BCUT2D eigenvalue weighted by Crippen LogP contribution is 2.34. The monoisotopic (exact) mass is 498 g/mol. The van der Waals surface area contributed by atoms with Gasteiger partial charge in [0.2, 0.25) is 0 Å². The molecule has 0 spiro atoms. The second kappa shape index (κ2) is 11.8. The molecule has 2 aromatic carbocycles. The summed E-state index contributed by atoms with van der Waals surface area (Å²) in [6.07, 6.45) is 2.88. The Kier molecular flexibility index (Phi) is 8.59. The van der Waals surface area contributed by atoms with Crippen LogP contribution < -0.4 is 4.74 Å². The van der Waals surface area contributed by atoms with E-state index in [1.807, 2.05) is 30.3 Å². The number of methoxy groups -OCH3 is 1. The lowest BCUT2D eigenvalue weighted by Crippen LogP contribution is -2.44. The van der Waals surface area contributed by atoms with Gasteiger partial charge in [-0.3, -0.25) is 9.78 Å². The van der Waals surface area contributed by atoms with E-state index in [1.165, 1.54) is 12.1 Å². The van der Waals surface area contributed by atoms with Crippen LogP contribution in [-0.4, -0.2) is 58.6 Å². The standard InChI is InChI=1S/C27H31FN2O4S/c1-34-20-6-7-25-23(16-20)22(9-11-29-25)26(31)8-5-18-10-12-30(17-24(18)27(32)33)13-14-35-21-4-2-3-19(28)15-21/h2-4,6-7,9,11,15-16,18,24,26,31H,5,8,10,12-14,17H2,1H3,(H,32,33)/t18?,24?,26-/m0/s1. The Morgan fingerprint density at radius 3 is 2.91 bits per heavy atom. The number of piperidine rings is 1. The number of aliphatic carboxylic acids is 1. The van der Waals surface area contributed by atoms with Crippen LogP contribution in [0.25, 0.3) is 10.9 Å². The van der Waals surface area contributed by atoms with Crippen LogP contribution >= 0.6 is 11.8 Å². The van der Waals surface area contributed by atoms with E-state index in [9.17, 15) is 19.4 Å². The number of carbonyl (C=O) groups is 1. The van der Waals surface area contributed by atoms with E-state index in [4.69, 9.17) is 4.74 Å². The quantitative estimate of drug-likeness (QED) is 0.380. The van der Waals surface area contributed by atoms with Crippen LogP contribution in [-0.2, 0) is 4.79 Å². The third kappa shape index (κ3) is 6.51. The molecule has 3 atom stereocenters. The highest BCUT2D eigenvalue weighted by molar-refractivity contribution is 7.99. The molecular weight excluding hydrogens is 467 g/mol. The predicted molar refractivity (Wildman–Crippen MR) is 135 cm³/mol. The zero-order valence-corrected chi connectivity index (χ0v) is 20.6. The van der Waals surface area contributed by atoms with Crippen molar-refractivity contribution in [1.82, 2.24) is 9.88 Å². The number of pyridine rings is 1. The van der Waals surface area contributed by atoms with Crippen molar-refractivity contribution in [2.75, 3.05) is 32.5 Å². The molecule has 1 aromatic heterocycles. The fourth-order valence-electron chi connectivity index (χ4n) is 4.84. The molecule has 0 amide bonds. The highest BCUT2D eigenvalue weighted by atomic mass is 32.2. The molecule has 1 aliphatic heterocycles. The molecule has 35 heavy (non-hydrogen) atoms. The molecule has 2 unspecified atom stereocenters. The number of thioether (sulfide) groups is 1. The maximum Gasteiger partial charge on any atom is 0.308 e. The number of halogens is 1. The van der Waals surface area contributed by atoms with Gasteiger partial charge in [0.15, 0.2) is 0 Å². The van der Waals surface area contributed by atoms with Gasteiger partial charge < -0.3 is 19.8 Å². The number of benzene rings is 2. The van der Waals surface area contributed by atoms with Gasteiger partial charge >= 0.3 is 5.97 Å². The van der Waals surface area contributed by atoms with Crippen molar-refractivity contribution in [3.63, 3.8) is 0 Å². The largest absolute Gasteiger partial charge is 0.497 e. The van der Waals surface area contributed by atoms with Gasteiger partial charge in [-0.1, -0.05) is 6.07 Å². The van der Waals surface area contributed by atoms with Crippen LogP contribution in [0.5, 0.6) is 5.75 Å². The van der Waals surface area contributed by atoms with Crippen molar-refractivity contribution in [3.05, 3.63) is 66.1 Å². The Morgan fingerprint density at radius 1 is 1.29 bits per heavy atom. The van der Waals surface area contributed by atoms with Crippen molar-refractivity contribution in [2.45, 2.75) is 30.3 Å². The number of aliphatic hydroxyl groups is 1. The molecule has 0 bridgehead atoms. The first-order valence-corrected chi connectivity index (χ1v) is 12.9. The maximum absolute atomic E-state index is 13.4.